The van der Waals surface area contributed by atoms with Gasteiger partial charge in [0.05, 0.1) is 6.10 Å². The Kier molecular flexibility index (Phi) is 7.18. The molecule has 1 aromatic rings. The van der Waals surface area contributed by atoms with E-state index in [4.69, 9.17) is 11.2 Å². The van der Waals surface area contributed by atoms with Crippen molar-refractivity contribution in [2.24, 2.45) is 16.1 Å². The van der Waals surface area contributed by atoms with Crippen LogP contribution in [0.4, 0.5) is 0 Å². The number of ether oxygens (including phenoxy) is 1. The Morgan fingerprint density at radius 3 is 2.79 bits per heavy atom. The number of carbonyl (C=O) groups is 1. The third-order valence-electron chi connectivity index (χ3n) is 5.45. The molecule has 0 aliphatic carbocycles. The number of carbonyl (C=O) groups excluding carboxylic acids is 1. The van der Waals surface area contributed by atoms with Crippen molar-refractivity contribution in [3.8, 4) is 12.3 Å². The van der Waals surface area contributed by atoms with Crippen molar-refractivity contribution in [3.05, 3.63) is 35.9 Å². The van der Waals surface area contributed by atoms with Gasteiger partial charge in [-0.05, 0) is 12.5 Å². The van der Waals surface area contributed by atoms with Crippen molar-refractivity contribution in [1.29, 1.82) is 0 Å². The number of nitrogens with one attached hydrogen (secondary N) is 1. The standard InChI is InChI=1S/C22H30N4O2/c1-3-5-12-22(24-25-22)13-11-21(27)23-14-19-16-26(17-20(19)28-4-2)15-18-9-7-6-8-10-18/h1,6-10,19-20H,4-5,11-17H2,2H3,(H,23,27)/t19-,20-/m1/s1. The van der Waals surface area contributed by atoms with Crippen LogP contribution >= 0.6 is 0 Å². The molecule has 0 bridgehead atoms. The predicted molar refractivity (Wildman–Crippen MR) is 109 cm³/mol. The average molecular weight is 383 g/mol. The molecule has 0 aromatic heterocycles. The monoisotopic (exact) mass is 382 g/mol. The van der Waals surface area contributed by atoms with Gasteiger partial charge in [0.2, 0.25) is 5.91 Å². The van der Waals surface area contributed by atoms with E-state index in [2.05, 4.69) is 50.6 Å². The Morgan fingerprint density at radius 2 is 2.11 bits per heavy atom. The van der Waals surface area contributed by atoms with E-state index in [-0.39, 0.29) is 12.0 Å². The van der Waals surface area contributed by atoms with Crippen molar-refractivity contribution in [1.82, 2.24) is 10.2 Å². The number of benzene rings is 1. The van der Waals surface area contributed by atoms with Gasteiger partial charge in [-0.2, -0.15) is 10.2 Å². The Balaban J connectivity index is 1.43. The highest BCUT2D eigenvalue weighted by Crippen LogP contribution is 2.37. The van der Waals surface area contributed by atoms with Crippen molar-refractivity contribution in [2.45, 2.75) is 50.9 Å². The second-order valence-electron chi connectivity index (χ2n) is 7.62. The number of hydrogen-bond acceptors (Lipinski definition) is 5. The van der Waals surface area contributed by atoms with E-state index in [1.807, 2.05) is 13.0 Å². The molecule has 0 saturated carbocycles. The van der Waals surface area contributed by atoms with Crippen LogP contribution in [0.5, 0.6) is 0 Å². The van der Waals surface area contributed by atoms with Crippen LogP contribution in [-0.2, 0) is 16.1 Å². The van der Waals surface area contributed by atoms with Crippen molar-refractivity contribution in [3.63, 3.8) is 0 Å². The Morgan fingerprint density at radius 1 is 1.32 bits per heavy atom. The average Bonchev–Trinajstić information content (AvgIpc) is 3.39. The zero-order valence-electron chi connectivity index (χ0n) is 16.6. The minimum Gasteiger partial charge on any atom is -0.377 e. The topological polar surface area (TPSA) is 66.3 Å². The lowest BCUT2D eigenvalue weighted by Crippen LogP contribution is -2.35. The van der Waals surface area contributed by atoms with Gasteiger partial charge in [-0.15, -0.1) is 12.3 Å². The summed E-state index contributed by atoms with van der Waals surface area (Å²) in [5.41, 5.74) is 0.911. The highest BCUT2D eigenvalue weighted by atomic mass is 16.5. The molecule has 1 aromatic carbocycles. The molecule has 1 amide bonds. The SMILES string of the molecule is C#CCCC1(CCC(=O)NC[C@@H]2CN(Cc3ccccc3)C[C@H]2OCC)N=N1. The normalized spacial score (nSPS) is 22.7. The fourth-order valence-electron chi connectivity index (χ4n) is 3.81. The van der Waals surface area contributed by atoms with Crippen LogP contribution in [0, 0.1) is 18.3 Å². The summed E-state index contributed by atoms with van der Waals surface area (Å²) in [6.07, 6.45) is 7.91. The zero-order chi connectivity index (χ0) is 19.8. The summed E-state index contributed by atoms with van der Waals surface area (Å²) in [6.45, 7) is 6.09. The number of rotatable bonds is 11. The van der Waals surface area contributed by atoms with Gasteiger partial charge in [0, 0.05) is 64.4 Å². The lowest BCUT2D eigenvalue weighted by molar-refractivity contribution is -0.121. The zero-order valence-corrected chi connectivity index (χ0v) is 16.6. The molecular weight excluding hydrogens is 352 g/mol. The Labute approximate surface area is 167 Å². The molecule has 6 heteroatoms. The summed E-state index contributed by atoms with van der Waals surface area (Å²) < 4.78 is 5.94. The third-order valence-corrected chi connectivity index (χ3v) is 5.45. The van der Waals surface area contributed by atoms with Gasteiger partial charge in [0.1, 0.15) is 0 Å². The number of amides is 1. The van der Waals surface area contributed by atoms with Crippen LogP contribution in [0.1, 0.15) is 38.2 Å². The molecule has 0 unspecified atom stereocenters. The maximum absolute atomic E-state index is 12.3. The maximum Gasteiger partial charge on any atom is 0.220 e. The summed E-state index contributed by atoms with van der Waals surface area (Å²) in [7, 11) is 0. The van der Waals surface area contributed by atoms with E-state index in [0.29, 0.717) is 38.3 Å². The molecule has 2 atom stereocenters. The minimum atomic E-state index is -0.391. The van der Waals surface area contributed by atoms with Gasteiger partial charge in [-0.3, -0.25) is 9.69 Å². The summed E-state index contributed by atoms with van der Waals surface area (Å²) in [4.78, 5) is 14.7. The molecule has 1 N–H and O–H groups in total. The van der Waals surface area contributed by atoms with E-state index in [0.717, 1.165) is 26.1 Å². The molecule has 150 valence electrons. The highest BCUT2D eigenvalue weighted by molar-refractivity contribution is 5.76. The lowest BCUT2D eigenvalue weighted by atomic mass is 10.0. The van der Waals surface area contributed by atoms with Crippen LogP contribution in [-0.4, -0.2) is 48.8 Å². The van der Waals surface area contributed by atoms with Gasteiger partial charge in [-0.25, -0.2) is 0 Å². The molecule has 0 spiro atoms. The number of terminal acetylenes is 1. The van der Waals surface area contributed by atoms with Crippen LogP contribution in [0.2, 0.25) is 0 Å². The maximum atomic E-state index is 12.3. The molecular formula is C22H30N4O2. The van der Waals surface area contributed by atoms with E-state index < -0.39 is 5.66 Å². The first-order chi connectivity index (χ1) is 13.6. The quantitative estimate of drug-likeness (QED) is 0.598. The largest absolute Gasteiger partial charge is 0.377 e. The van der Waals surface area contributed by atoms with Crippen molar-refractivity contribution < 1.29 is 9.53 Å². The molecule has 28 heavy (non-hydrogen) atoms. The Hall–Kier alpha value is -2.23. The molecule has 6 nitrogen and oxygen atoms in total. The first-order valence-electron chi connectivity index (χ1n) is 10.2. The molecule has 1 saturated heterocycles. The second-order valence-corrected chi connectivity index (χ2v) is 7.62. The van der Waals surface area contributed by atoms with E-state index in [9.17, 15) is 4.79 Å². The second kappa shape index (κ2) is 9.81. The van der Waals surface area contributed by atoms with Gasteiger partial charge >= 0.3 is 0 Å². The van der Waals surface area contributed by atoms with Gasteiger partial charge < -0.3 is 10.1 Å². The Bertz CT molecular complexity index is 707. The fourth-order valence-corrected chi connectivity index (χ4v) is 3.81. The third kappa shape index (κ3) is 5.88. The van der Waals surface area contributed by atoms with Crippen LogP contribution < -0.4 is 5.32 Å². The molecule has 1 fully saturated rings. The number of likely N-dealkylation sites (tertiary alicyclic amines) is 1. The van der Waals surface area contributed by atoms with Crippen molar-refractivity contribution in [2.75, 3.05) is 26.2 Å². The highest BCUT2D eigenvalue weighted by Gasteiger charge is 2.39. The van der Waals surface area contributed by atoms with Gasteiger partial charge in [-0.1, -0.05) is 30.3 Å². The lowest BCUT2D eigenvalue weighted by Gasteiger charge is -2.19. The fraction of sp³-hybridized carbons (Fsp3) is 0.591. The van der Waals surface area contributed by atoms with Crippen LogP contribution in [0.25, 0.3) is 0 Å². The molecule has 0 radical (unpaired) electrons. The van der Waals surface area contributed by atoms with Gasteiger partial charge in [0.15, 0.2) is 5.66 Å². The van der Waals surface area contributed by atoms with Crippen molar-refractivity contribution >= 4 is 5.91 Å². The smallest absolute Gasteiger partial charge is 0.220 e. The predicted octanol–water partition coefficient (Wildman–Crippen LogP) is 3.00. The number of hydrogen-bond donors (Lipinski definition) is 1. The first-order valence-corrected chi connectivity index (χ1v) is 10.2. The first kappa shape index (κ1) is 20.5. The van der Waals surface area contributed by atoms with E-state index in [1.54, 1.807) is 0 Å². The van der Waals surface area contributed by atoms with Crippen LogP contribution in [0.3, 0.4) is 0 Å². The summed E-state index contributed by atoms with van der Waals surface area (Å²) in [5.74, 6) is 2.97. The number of nitrogens with zero attached hydrogens (tertiary/aromatic N) is 3. The van der Waals surface area contributed by atoms with Gasteiger partial charge in [0.25, 0.3) is 0 Å². The van der Waals surface area contributed by atoms with E-state index >= 15 is 0 Å². The molecule has 2 aliphatic heterocycles. The molecule has 3 rings (SSSR count). The summed E-state index contributed by atoms with van der Waals surface area (Å²) in [6, 6.07) is 10.5. The summed E-state index contributed by atoms with van der Waals surface area (Å²) in [5, 5.41) is 11.3. The van der Waals surface area contributed by atoms with E-state index in [1.165, 1.54) is 5.56 Å². The minimum absolute atomic E-state index is 0.0501. The molecule has 2 heterocycles. The summed E-state index contributed by atoms with van der Waals surface area (Å²) >= 11 is 0. The molecule has 2 aliphatic rings. The van der Waals surface area contributed by atoms with Crippen LogP contribution in [0.15, 0.2) is 40.6 Å².